The van der Waals surface area contributed by atoms with Crippen LogP contribution in [0.15, 0.2) is 60.7 Å². The van der Waals surface area contributed by atoms with E-state index in [9.17, 15) is 4.79 Å². The molecule has 0 spiro atoms. The minimum Gasteiger partial charge on any atom is -0.493 e. The molecule has 6 bridgehead atoms. The zero-order chi connectivity index (χ0) is 36.6. The smallest absolute Gasteiger partial charge is 0.314 e. The fourth-order valence-corrected chi connectivity index (χ4v) is 8.30. The van der Waals surface area contributed by atoms with E-state index in [1.807, 2.05) is 24.3 Å². The van der Waals surface area contributed by atoms with Crippen molar-refractivity contribution in [1.29, 1.82) is 0 Å². The van der Waals surface area contributed by atoms with Gasteiger partial charge in [-0.3, -0.25) is 14.6 Å². The molecule has 5 aliphatic rings. The number of fused-ring (bicyclic) bond motifs is 2. The molecule has 0 unspecified atom stereocenters. The second kappa shape index (κ2) is 14.9. The summed E-state index contributed by atoms with van der Waals surface area (Å²) in [4.78, 5) is 18.6. The maximum atomic E-state index is 13.9. The van der Waals surface area contributed by atoms with Crippen LogP contribution in [0.3, 0.4) is 0 Å². The standard InChI is InChI=1S/C43H48N2O8/c1-44-16-12-29-23-36(48-4)38-25-32(29)33(44)20-26-6-9-31(10-7-26)51-37-22-27(8-11-35(37)47-3)21-34-40-30(13-17-45(34)2)24-39(49-5)41(42(40)52-38)53-43(46)28-14-18-50-19-15-28/h6-11,22-25,28,33-34H,12-21H2,1-5H3/t33-,34-/m0/s1. The van der Waals surface area contributed by atoms with Crippen molar-refractivity contribution >= 4 is 5.97 Å². The van der Waals surface area contributed by atoms with Gasteiger partial charge in [-0.25, -0.2) is 0 Å². The van der Waals surface area contributed by atoms with E-state index < -0.39 is 0 Å². The maximum Gasteiger partial charge on any atom is 0.314 e. The number of benzene rings is 4. The van der Waals surface area contributed by atoms with E-state index >= 15 is 0 Å². The third kappa shape index (κ3) is 6.91. The molecule has 4 aromatic carbocycles. The quantitative estimate of drug-likeness (QED) is 0.153. The van der Waals surface area contributed by atoms with Crippen LogP contribution in [0, 0.1) is 5.92 Å². The van der Waals surface area contributed by atoms with Gasteiger partial charge >= 0.3 is 5.97 Å². The Morgan fingerprint density at radius 1 is 0.698 bits per heavy atom. The minimum absolute atomic E-state index is 0.0957. The van der Waals surface area contributed by atoms with Crippen LogP contribution in [-0.4, -0.2) is 77.5 Å². The van der Waals surface area contributed by atoms with Gasteiger partial charge in [0.05, 0.1) is 27.2 Å². The molecular formula is C43H48N2O8. The Labute approximate surface area is 311 Å². The number of hydrogen-bond acceptors (Lipinski definition) is 10. The lowest BCUT2D eigenvalue weighted by Gasteiger charge is -2.37. The first kappa shape index (κ1) is 35.3. The summed E-state index contributed by atoms with van der Waals surface area (Å²) in [7, 11) is 9.25. The van der Waals surface area contributed by atoms with Crippen molar-refractivity contribution in [2.75, 3.05) is 61.7 Å². The number of likely N-dealkylation sites (N-methyl/N-ethyl adjacent to an activating group) is 2. The molecule has 10 nitrogen and oxygen atoms in total. The summed E-state index contributed by atoms with van der Waals surface area (Å²) < 4.78 is 43.4. The topological polar surface area (TPSA) is 88.2 Å². The first-order valence-electron chi connectivity index (χ1n) is 18.6. The van der Waals surface area contributed by atoms with Crippen LogP contribution in [0.2, 0.25) is 0 Å². The van der Waals surface area contributed by atoms with Gasteiger partial charge in [0.25, 0.3) is 0 Å². The average Bonchev–Trinajstić information content (AvgIpc) is 3.18. The highest BCUT2D eigenvalue weighted by molar-refractivity contribution is 5.78. The predicted octanol–water partition coefficient (Wildman–Crippen LogP) is 7.49. The van der Waals surface area contributed by atoms with E-state index in [0.29, 0.717) is 67.0 Å². The van der Waals surface area contributed by atoms with Crippen molar-refractivity contribution < 1.29 is 38.0 Å². The summed E-state index contributed by atoms with van der Waals surface area (Å²) >= 11 is 0. The molecule has 9 rings (SSSR count). The minimum atomic E-state index is -0.312. The number of rotatable bonds is 5. The molecule has 0 saturated carbocycles. The Morgan fingerprint density at radius 2 is 1.34 bits per heavy atom. The zero-order valence-corrected chi connectivity index (χ0v) is 31.2. The monoisotopic (exact) mass is 720 g/mol. The third-order valence-electron chi connectivity index (χ3n) is 11.4. The Balaban J connectivity index is 1.35. The van der Waals surface area contributed by atoms with Gasteiger partial charge in [-0.1, -0.05) is 18.2 Å². The maximum absolute atomic E-state index is 13.9. The summed E-state index contributed by atoms with van der Waals surface area (Å²) in [5, 5.41) is 0. The van der Waals surface area contributed by atoms with Gasteiger partial charge < -0.3 is 33.2 Å². The van der Waals surface area contributed by atoms with Crippen molar-refractivity contribution in [2.24, 2.45) is 5.92 Å². The highest BCUT2D eigenvalue weighted by atomic mass is 16.6. The molecule has 0 amide bonds. The molecule has 278 valence electrons. The molecule has 5 aliphatic heterocycles. The van der Waals surface area contributed by atoms with E-state index in [-0.39, 0.29) is 29.7 Å². The van der Waals surface area contributed by atoms with Crippen molar-refractivity contribution in [3.63, 3.8) is 0 Å². The second-order valence-corrected chi connectivity index (χ2v) is 14.6. The van der Waals surface area contributed by atoms with Gasteiger partial charge in [0.2, 0.25) is 5.75 Å². The summed E-state index contributed by atoms with van der Waals surface area (Å²) in [6, 6.07) is 20.6. The van der Waals surface area contributed by atoms with E-state index in [4.69, 9.17) is 33.2 Å². The first-order chi connectivity index (χ1) is 25.8. The Bertz CT molecular complexity index is 1990. The molecule has 0 aromatic heterocycles. The summed E-state index contributed by atoms with van der Waals surface area (Å²) in [6.07, 6.45) is 4.29. The predicted molar refractivity (Wildman–Crippen MR) is 200 cm³/mol. The summed E-state index contributed by atoms with van der Waals surface area (Å²) in [5.74, 6) is 3.85. The highest BCUT2D eigenvalue weighted by Gasteiger charge is 2.36. The fraction of sp³-hybridized carbons (Fsp3) is 0.419. The molecule has 4 aromatic rings. The van der Waals surface area contributed by atoms with Gasteiger partial charge in [-0.2, -0.15) is 0 Å². The number of methoxy groups -OCH3 is 3. The largest absolute Gasteiger partial charge is 0.493 e. The van der Waals surface area contributed by atoms with Crippen LogP contribution >= 0.6 is 0 Å². The van der Waals surface area contributed by atoms with Crippen LogP contribution < -0.4 is 28.4 Å². The molecule has 0 aliphatic carbocycles. The Hall–Kier alpha value is -4.77. The van der Waals surface area contributed by atoms with Crippen LogP contribution in [-0.2, 0) is 35.2 Å². The van der Waals surface area contributed by atoms with Crippen LogP contribution in [0.4, 0.5) is 0 Å². The highest BCUT2D eigenvalue weighted by Crippen LogP contribution is 2.52. The lowest BCUT2D eigenvalue weighted by atomic mass is 9.87. The van der Waals surface area contributed by atoms with E-state index in [1.165, 1.54) is 16.7 Å². The fourth-order valence-electron chi connectivity index (χ4n) is 8.30. The van der Waals surface area contributed by atoms with Crippen molar-refractivity contribution in [1.82, 2.24) is 9.80 Å². The number of carbonyl (C=O) groups excluding carboxylic acids is 1. The molecule has 53 heavy (non-hydrogen) atoms. The van der Waals surface area contributed by atoms with Crippen LogP contribution in [0.25, 0.3) is 0 Å². The first-order valence-corrected chi connectivity index (χ1v) is 18.6. The number of esters is 1. The summed E-state index contributed by atoms with van der Waals surface area (Å²) in [6.45, 7) is 2.79. The van der Waals surface area contributed by atoms with Crippen molar-refractivity contribution in [3.05, 3.63) is 94.0 Å². The summed E-state index contributed by atoms with van der Waals surface area (Å²) in [5.41, 5.74) is 6.70. The van der Waals surface area contributed by atoms with E-state index in [1.54, 1.807) is 21.3 Å². The molecular weight excluding hydrogens is 672 g/mol. The van der Waals surface area contributed by atoms with Crippen molar-refractivity contribution in [3.8, 4) is 46.0 Å². The van der Waals surface area contributed by atoms with E-state index in [2.05, 4.69) is 60.3 Å². The molecule has 10 heteroatoms. The normalized spacial score (nSPS) is 20.2. The molecule has 1 fully saturated rings. The lowest BCUT2D eigenvalue weighted by molar-refractivity contribution is -0.142. The third-order valence-corrected chi connectivity index (χ3v) is 11.4. The molecule has 1 saturated heterocycles. The van der Waals surface area contributed by atoms with Gasteiger partial charge in [0.15, 0.2) is 34.5 Å². The number of ether oxygens (including phenoxy) is 7. The number of hydrogen-bond donors (Lipinski definition) is 0. The van der Waals surface area contributed by atoms with Crippen LogP contribution in [0.5, 0.6) is 46.0 Å². The molecule has 2 atom stereocenters. The van der Waals surface area contributed by atoms with Gasteiger partial charge in [0, 0.05) is 44.0 Å². The zero-order valence-electron chi connectivity index (χ0n) is 31.2. The van der Waals surface area contributed by atoms with Gasteiger partial charge in [-0.05, 0) is 123 Å². The molecule has 5 heterocycles. The molecule has 0 N–H and O–H groups in total. The Kier molecular flexibility index (Phi) is 9.93. The van der Waals surface area contributed by atoms with E-state index in [0.717, 1.165) is 54.8 Å². The van der Waals surface area contributed by atoms with Crippen molar-refractivity contribution in [2.45, 2.75) is 50.6 Å². The SMILES string of the molecule is COc1ccc2cc1Oc1ccc(cc1)C[C@H]1c3cc(c(OC)cc3CCN1C)Oc1c(OC(=O)C3CCOCC3)c(OC)cc3c1[C@H](C2)N(C)CC3. The molecule has 0 radical (unpaired) electrons. The lowest BCUT2D eigenvalue weighted by Crippen LogP contribution is -2.34. The Morgan fingerprint density at radius 3 is 2.08 bits per heavy atom. The van der Waals surface area contributed by atoms with Gasteiger partial charge in [0.1, 0.15) is 5.75 Å². The number of nitrogens with zero attached hydrogens (tertiary/aromatic N) is 2. The average molecular weight is 721 g/mol. The number of carbonyl (C=O) groups is 1. The van der Waals surface area contributed by atoms with Gasteiger partial charge in [-0.15, -0.1) is 0 Å². The second-order valence-electron chi connectivity index (χ2n) is 14.6. The van der Waals surface area contributed by atoms with Crippen LogP contribution in [0.1, 0.15) is 58.3 Å².